The Hall–Kier alpha value is -1.84. The summed E-state index contributed by atoms with van der Waals surface area (Å²) in [6, 6.07) is 14.5. The van der Waals surface area contributed by atoms with Crippen molar-refractivity contribution >= 4 is 17.5 Å². The number of aryl methyl sites for hydroxylation is 2. The molecule has 1 heterocycles. The van der Waals surface area contributed by atoms with Crippen LogP contribution in [0.1, 0.15) is 54.5 Å². The van der Waals surface area contributed by atoms with Crippen molar-refractivity contribution < 1.29 is 4.79 Å². The number of nitrogens with zero attached hydrogens (tertiary/aromatic N) is 1. The first-order chi connectivity index (χ1) is 13.5. The number of hydrogen-bond acceptors (Lipinski definition) is 2. The molecule has 2 atom stereocenters. The van der Waals surface area contributed by atoms with Gasteiger partial charge >= 0.3 is 0 Å². The Morgan fingerprint density at radius 2 is 2.04 bits per heavy atom. The fourth-order valence-corrected chi connectivity index (χ4v) is 4.38. The Labute approximate surface area is 174 Å². The zero-order valence-electron chi connectivity index (χ0n) is 17.2. The smallest absolute Gasteiger partial charge is 0.224 e. The van der Waals surface area contributed by atoms with Gasteiger partial charge in [-0.25, -0.2) is 0 Å². The average molecular weight is 399 g/mol. The topological polar surface area (TPSA) is 32.3 Å². The number of carbonyl (C=O) groups excluding carboxylic acids is 1. The molecule has 1 aliphatic rings. The minimum absolute atomic E-state index is 0.0380. The van der Waals surface area contributed by atoms with Gasteiger partial charge in [-0.15, -0.1) is 0 Å². The van der Waals surface area contributed by atoms with E-state index in [9.17, 15) is 4.79 Å². The van der Waals surface area contributed by atoms with Crippen molar-refractivity contribution in [1.82, 2.24) is 10.2 Å². The molecule has 3 nitrogen and oxygen atoms in total. The minimum atomic E-state index is 0.0380. The molecular formula is C24H31ClN2O. The van der Waals surface area contributed by atoms with Crippen molar-refractivity contribution in [2.75, 3.05) is 13.1 Å². The zero-order chi connectivity index (χ0) is 20.1. The largest absolute Gasteiger partial charge is 0.349 e. The summed E-state index contributed by atoms with van der Waals surface area (Å²) in [5.74, 6) is 0.215. The first-order valence-electron chi connectivity index (χ1n) is 10.3. The fourth-order valence-electron chi connectivity index (χ4n) is 4.19. The van der Waals surface area contributed by atoms with Gasteiger partial charge in [-0.1, -0.05) is 60.5 Å². The summed E-state index contributed by atoms with van der Waals surface area (Å²) in [4.78, 5) is 15.4. The molecule has 4 heteroatoms. The summed E-state index contributed by atoms with van der Waals surface area (Å²) >= 11 is 6.32. The Balaban J connectivity index is 1.63. The van der Waals surface area contributed by atoms with Crippen LogP contribution in [-0.2, 0) is 11.3 Å². The van der Waals surface area contributed by atoms with E-state index in [4.69, 9.17) is 11.6 Å². The first kappa shape index (κ1) is 20.9. The van der Waals surface area contributed by atoms with Crippen molar-refractivity contribution in [3.8, 4) is 0 Å². The molecule has 1 saturated heterocycles. The third-order valence-corrected chi connectivity index (χ3v) is 6.12. The summed E-state index contributed by atoms with van der Waals surface area (Å²) in [6.45, 7) is 8.98. The Bertz CT molecular complexity index is 820. The Morgan fingerprint density at radius 3 is 2.75 bits per heavy atom. The van der Waals surface area contributed by atoms with Gasteiger partial charge in [0.15, 0.2) is 0 Å². The number of benzene rings is 2. The van der Waals surface area contributed by atoms with Crippen LogP contribution in [0.4, 0.5) is 0 Å². The second-order valence-electron chi connectivity index (χ2n) is 8.00. The molecule has 0 bridgehead atoms. The second kappa shape index (κ2) is 9.58. The van der Waals surface area contributed by atoms with E-state index in [1.165, 1.54) is 16.7 Å². The third kappa shape index (κ3) is 5.15. The van der Waals surface area contributed by atoms with Gasteiger partial charge in [-0.2, -0.15) is 0 Å². The molecule has 1 fully saturated rings. The molecule has 150 valence electrons. The second-order valence-corrected chi connectivity index (χ2v) is 8.40. The van der Waals surface area contributed by atoms with Crippen molar-refractivity contribution in [2.24, 2.45) is 5.92 Å². The summed E-state index contributed by atoms with van der Waals surface area (Å²) in [6.07, 6.45) is 2.89. The Kier molecular flexibility index (Phi) is 7.14. The summed E-state index contributed by atoms with van der Waals surface area (Å²) in [7, 11) is 0. The van der Waals surface area contributed by atoms with E-state index in [0.29, 0.717) is 0 Å². The molecule has 1 aliphatic heterocycles. The van der Waals surface area contributed by atoms with E-state index in [1.807, 2.05) is 18.2 Å². The van der Waals surface area contributed by atoms with Crippen LogP contribution in [0, 0.1) is 19.8 Å². The maximum absolute atomic E-state index is 13.0. The lowest BCUT2D eigenvalue weighted by Gasteiger charge is -2.33. The van der Waals surface area contributed by atoms with Gasteiger partial charge < -0.3 is 5.32 Å². The number of likely N-dealkylation sites (tertiary alicyclic amines) is 1. The van der Waals surface area contributed by atoms with Gasteiger partial charge in [0, 0.05) is 18.1 Å². The van der Waals surface area contributed by atoms with Crippen LogP contribution < -0.4 is 5.32 Å². The molecule has 0 saturated carbocycles. The molecule has 2 aromatic carbocycles. The van der Waals surface area contributed by atoms with E-state index in [2.05, 4.69) is 55.3 Å². The van der Waals surface area contributed by atoms with Crippen LogP contribution in [0.15, 0.2) is 42.5 Å². The number of rotatable bonds is 6. The molecule has 0 aliphatic carbocycles. The minimum Gasteiger partial charge on any atom is -0.349 e. The SMILES string of the molecule is CC[C@H](NC(=O)[C@H]1CCCN(Cc2ccccc2Cl)C1)c1ccc(C)cc1C. The lowest BCUT2D eigenvalue weighted by molar-refractivity contribution is -0.127. The summed E-state index contributed by atoms with van der Waals surface area (Å²) < 4.78 is 0. The van der Waals surface area contributed by atoms with Crippen molar-refractivity contribution in [2.45, 2.75) is 52.6 Å². The van der Waals surface area contributed by atoms with E-state index < -0.39 is 0 Å². The predicted octanol–water partition coefficient (Wildman–Crippen LogP) is 5.44. The van der Waals surface area contributed by atoms with E-state index in [0.717, 1.165) is 49.5 Å². The molecule has 1 N–H and O–H groups in total. The van der Waals surface area contributed by atoms with Gasteiger partial charge in [-0.3, -0.25) is 9.69 Å². The highest BCUT2D eigenvalue weighted by Gasteiger charge is 2.27. The number of piperidine rings is 1. The molecule has 1 amide bonds. The van der Waals surface area contributed by atoms with Crippen LogP contribution in [0.5, 0.6) is 0 Å². The highest BCUT2D eigenvalue weighted by molar-refractivity contribution is 6.31. The molecular weight excluding hydrogens is 368 g/mol. The fraction of sp³-hybridized carbons (Fsp3) is 0.458. The van der Waals surface area contributed by atoms with Crippen molar-refractivity contribution in [3.63, 3.8) is 0 Å². The monoisotopic (exact) mass is 398 g/mol. The van der Waals surface area contributed by atoms with Crippen LogP contribution in [0.2, 0.25) is 5.02 Å². The highest BCUT2D eigenvalue weighted by atomic mass is 35.5. The van der Waals surface area contributed by atoms with Gasteiger partial charge in [-0.05, 0) is 62.4 Å². The van der Waals surface area contributed by atoms with Gasteiger partial charge in [0.05, 0.1) is 12.0 Å². The van der Waals surface area contributed by atoms with Crippen LogP contribution in [-0.4, -0.2) is 23.9 Å². The molecule has 0 aromatic heterocycles. The summed E-state index contributed by atoms with van der Waals surface area (Å²) in [5, 5.41) is 4.12. The number of halogens is 1. The molecule has 3 rings (SSSR count). The maximum Gasteiger partial charge on any atom is 0.224 e. The van der Waals surface area contributed by atoms with Gasteiger partial charge in [0.2, 0.25) is 5.91 Å². The van der Waals surface area contributed by atoms with Crippen molar-refractivity contribution in [3.05, 3.63) is 69.7 Å². The zero-order valence-corrected chi connectivity index (χ0v) is 17.9. The van der Waals surface area contributed by atoms with E-state index in [1.54, 1.807) is 0 Å². The highest BCUT2D eigenvalue weighted by Crippen LogP contribution is 2.25. The van der Waals surface area contributed by atoms with Gasteiger partial charge in [0.25, 0.3) is 0 Å². The van der Waals surface area contributed by atoms with E-state index >= 15 is 0 Å². The quantitative estimate of drug-likeness (QED) is 0.702. The normalized spacial score (nSPS) is 18.6. The number of hydrogen-bond donors (Lipinski definition) is 1. The number of carbonyl (C=O) groups is 1. The molecule has 0 unspecified atom stereocenters. The molecule has 0 spiro atoms. The maximum atomic E-state index is 13.0. The van der Waals surface area contributed by atoms with E-state index in [-0.39, 0.29) is 17.9 Å². The molecule has 0 radical (unpaired) electrons. The Morgan fingerprint density at radius 1 is 1.25 bits per heavy atom. The third-order valence-electron chi connectivity index (χ3n) is 5.75. The van der Waals surface area contributed by atoms with Crippen molar-refractivity contribution in [1.29, 1.82) is 0 Å². The van der Waals surface area contributed by atoms with Crippen LogP contribution in [0.3, 0.4) is 0 Å². The molecule has 28 heavy (non-hydrogen) atoms. The van der Waals surface area contributed by atoms with Gasteiger partial charge in [0.1, 0.15) is 0 Å². The predicted molar refractivity (Wildman–Crippen MR) is 117 cm³/mol. The first-order valence-corrected chi connectivity index (χ1v) is 10.7. The van der Waals surface area contributed by atoms with Crippen LogP contribution >= 0.6 is 11.6 Å². The molecule has 2 aromatic rings. The lowest BCUT2D eigenvalue weighted by atomic mass is 9.94. The lowest BCUT2D eigenvalue weighted by Crippen LogP contribution is -2.43. The number of nitrogens with one attached hydrogen (secondary N) is 1. The average Bonchev–Trinajstić information content (AvgIpc) is 2.68. The summed E-state index contributed by atoms with van der Waals surface area (Å²) in [5.41, 5.74) is 4.86. The number of amides is 1. The standard InChI is InChI=1S/C24H31ClN2O/c1-4-23(21-12-11-17(2)14-18(21)3)26-24(28)20-9-7-13-27(16-20)15-19-8-5-6-10-22(19)25/h5-6,8,10-12,14,20,23H,4,7,9,13,15-16H2,1-3H3,(H,26,28)/t20-,23-/m0/s1. The van der Waals surface area contributed by atoms with Crippen LogP contribution in [0.25, 0.3) is 0 Å².